The molecule has 0 unspecified atom stereocenters. The van der Waals surface area contributed by atoms with E-state index in [0.717, 1.165) is 33.7 Å². The Morgan fingerprint density at radius 2 is 2.17 bits per heavy atom. The summed E-state index contributed by atoms with van der Waals surface area (Å²) < 4.78 is 0.968. The molecule has 0 radical (unpaired) electrons. The van der Waals surface area contributed by atoms with Gasteiger partial charge in [0.05, 0.1) is 10.6 Å². The van der Waals surface area contributed by atoms with Crippen LogP contribution in [0.1, 0.15) is 23.3 Å². The molecule has 12 heavy (non-hydrogen) atoms. The van der Waals surface area contributed by atoms with Gasteiger partial charge in [-0.1, -0.05) is 38.1 Å². The van der Waals surface area contributed by atoms with Crippen molar-refractivity contribution >= 4 is 38.6 Å². The lowest BCUT2D eigenvalue weighted by Crippen LogP contribution is -2.08. The smallest absolute Gasteiger partial charge is 0.105 e. The van der Waals surface area contributed by atoms with Crippen LogP contribution in [0.4, 0.5) is 0 Å². The third-order valence-electron chi connectivity index (χ3n) is 1.94. The summed E-state index contributed by atoms with van der Waals surface area (Å²) in [6.07, 6.45) is 2.98. The maximum absolute atomic E-state index is 8.71. The van der Waals surface area contributed by atoms with Crippen molar-refractivity contribution in [3.05, 3.63) is 14.3 Å². The number of nitrogens with zero attached hydrogens (tertiary/aromatic N) is 1. The molecule has 0 bridgehead atoms. The lowest BCUT2D eigenvalue weighted by atomic mass is 9.99. The molecule has 5 heteroatoms. The van der Waals surface area contributed by atoms with Crippen LogP contribution in [0.5, 0.6) is 0 Å². The van der Waals surface area contributed by atoms with E-state index in [1.165, 1.54) is 5.56 Å². The monoisotopic (exact) mass is 217 g/mol. The van der Waals surface area contributed by atoms with Crippen LogP contribution in [0.15, 0.2) is 5.16 Å². The van der Waals surface area contributed by atoms with Gasteiger partial charge in [0.2, 0.25) is 0 Å². The molecule has 2 rings (SSSR count). The Kier molecular flexibility index (Phi) is 2.25. The second-order valence-electron chi connectivity index (χ2n) is 2.66. The topological polar surface area (TPSA) is 32.6 Å². The van der Waals surface area contributed by atoms with Crippen LogP contribution in [0, 0.1) is 3.82 Å². The van der Waals surface area contributed by atoms with Gasteiger partial charge in [0.15, 0.2) is 0 Å². The Bertz CT molecular complexity index is 376. The molecule has 1 N–H and O–H groups in total. The Morgan fingerprint density at radius 1 is 1.33 bits per heavy atom. The van der Waals surface area contributed by atoms with Crippen molar-refractivity contribution < 1.29 is 5.21 Å². The van der Waals surface area contributed by atoms with Gasteiger partial charge in [-0.05, 0) is 19.3 Å². The van der Waals surface area contributed by atoms with Gasteiger partial charge in [-0.25, -0.2) is 0 Å². The summed E-state index contributed by atoms with van der Waals surface area (Å²) in [6.45, 7) is 0. The Hall–Kier alpha value is -0.260. The summed E-state index contributed by atoms with van der Waals surface area (Å²) in [5, 5.41) is 12.0. The molecule has 2 nitrogen and oxygen atoms in total. The van der Waals surface area contributed by atoms with E-state index in [9.17, 15) is 0 Å². The van der Waals surface area contributed by atoms with E-state index < -0.39 is 0 Å². The van der Waals surface area contributed by atoms with Gasteiger partial charge >= 0.3 is 0 Å². The van der Waals surface area contributed by atoms with E-state index in [0.29, 0.717) is 0 Å². The molecule has 0 aliphatic heterocycles. The average Bonchev–Trinajstić information content (AvgIpc) is 2.48. The molecule has 64 valence electrons. The van der Waals surface area contributed by atoms with Crippen molar-refractivity contribution in [1.82, 2.24) is 0 Å². The third-order valence-corrected chi connectivity index (χ3v) is 5.14. The first-order valence-electron chi connectivity index (χ1n) is 3.66. The minimum atomic E-state index is 0.814. The first-order valence-corrected chi connectivity index (χ1v) is 6.22. The van der Waals surface area contributed by atoms with E-state index in [1.807, 2.05) is 0 Å². The van der Waals surface area contributed by atoms with Gasteiger partial charge in [0.25, 0.3) is 0 Å². The maximum atomic E-state index is 8.71. The van der Waals surface area contributed by atoms with Crippen LogP contribution in [0.25, 0.3) is 0 Å². The molecule has 1 aliphatic carbocycles. The largest absolute Gasteiger partial charge is 0.411 e. The van der Waals surface area contributed by atoms with Crippen LogP contribution in [-0.4, -0.2) is 10.9 Å². The Balaban J connectivity index is 2.60. The fraction of sp³-hybridized carbons (Fsp3) is 0.429. The summed E-state index contributed by atoms with van der Waals surface area (Å²) in [7, 11) is 3.24. The molecule has 1 aromatic rings. The van der Waals surface area contributed by atoms with Gasteiger partial charge in [-0.2, -0.15) is 0 Å². The van der Waals surface area contributed by atoms with Crippen molar-refractivity contribution in [2.24, 2.45) is 5.16 Å². The SMILES string of the molecule is O/N=C1\CCCc2c1ssc2=S. The van der Waals surface area contributed by atoms with Gasteiger partial charge in [-0.3, -0.25) is 0 Å². The van der Waals surface area contributed by atoms with Crippen LogP contribution in [0.2, 0.25) is 0 Å². The highest BCUT2D eigenvalue weighted by molar-refractivity contribution is 7.79. The zero-order valence-corrected chi connectivity index (χ0v) is 8.69. The van der Waals surface area contributed by atoms with E-state index in [2.05, 4.69) is 5.16 Å². The van der Waals surface area contributed by atoms with Crippen molar-refractivity contribution in [3.63, 3.8) is 0 Å². The number of oxime groups is 1. The fourth-order valence-electron chi connectivity index (χ4n) is 1.35. The molecule has 0 fully saturated rings. The summed E-state index contributed by atoms with van der Waals surface area (Å²) in [5.74, 6) is 0. The molecule has 0 saturated carbocycles. The molecule has 1 aromatic heterocycles. The molecule has 1 heterocycles. The van der Waals surface area contributed by atoms with Crippen LogP contribution < -0.4 is 0 Å². The maximum Gasteiger partial charge on any atom is 0.105 e. The summed E-state index contributed by atoms with van der Waals surface area (Å²) in [5.41, 5.74) is 2.03. The molecular weight excluding hydrogens is 210 g/mol. The van der Waals surface area contributed by atoms with Crippen LogP contribution in [-0.2, 0) is 6.42 Å². The fourth-order valence-corrected chi connectivity index (χ4v) is 4.37. The molecule has 0 saturated heterocycles. The zero-order valence-electron chi connectivity index (χ0n) is 6.24. The number of rotatable bonds is 0. The number of hydrogen-bond acceptors (Lipinski definition) is 5. The van der Waals surface area contributed by atoms with Crippen molar-refractivity contribution in [3.8, 4) is 0 Å². The third kappa shape index (κ3) is 1.22. The van der Waals surface area contributed by atoms with E-state index in [-0.39, 0.29) is 0 Å². The standard InChI is InChI=1S/C7H7NOS3/c9-8-5-3-1-2-4-6(5)11-12-7(4)10/h9H,1-3H2/b8-5+. The highest BCUT2D eigenvalue weighted by Gasteiger charge is 2.19. The Labute approximate surface area is 82.6 Å². The van der Waals surface area contributed by atoms with Crippen molar-refractivity contribution in [2.45, 2.75) is 19.3 Å². The second-order valence-corrected chi connectivity index (χ2v) is 5.48. The van der Waals surface area contributed by atoms with Gasteiger partial charge in [0, 0.05) is 5.56 Å². The second kappa shape index (κ2) is 3.24. The molecule has 0 aromatic carbocycles. The van der Waals surface area contributed by atoms with Gasteiger partial charge < -0.3 is 5.21 Å². The first-order chi connectivity index (χ1) is 5.83. The minimum absolute atomic E-state index is 0.814. The quantitative estimate of drug-likeness (QED) is 0.313. The van der Waals surface area contributed by atoms with Gasteiger partial charge in [0.1, 0.15) is 3.82 Å². The Morgan fingerprint density at radius 3 is 2.92 bits per heavy atom. The predicted octanol–water partition coefficient (Wildman–Crippen LogP) is 3.05. The molecule has 0 atom stereocenters. The van der Waals surface area contributed by atoms with Gasteiger partial charge in [-0.15, -0.1) is 0 Å². The normalized spacial score (nSPS) is 19.5. The molecule has 1 aliphatic rings. The van der Waals surface area contributed by atoms with Crippen LogP contribution in [0.3, 0.4) is 0 Å². The summed E-state index contributed by atoms with van der Waals surface area (Å²) in [6, 6.07) is 0. The van der Waals surface area contributed by atoms with E-state index in [1.54, 1.807) is 20.7 Å². The average molecular weight is 217 g/mol. The minimum Gasteiger partial charge on any atom is -0.411 e. The first kappa shape index (κ1) is 8.34. The number of fused-ring (bicyclic) bond motifs is 1. The lowest BCUT2D eigenvalue weighted by molar-refractivity contribution is 0.317. The lowest BCUT2D eigenvalue weighted by Gasteiger charge is -2.10. The zero-order chi connectivity index (χ0) is 8.55. The summed E-state index contributed by atoms with van der Waals surface area (Å²) >= 11 is 5.17. The molecular formula is C7H7NOS3. The molecule has 0 amide bonds. The van der Waals surface area contributed by atoms with E-state index >= 15 is 0 Å². The van der Waals surface area contributed by atoms with Crippen molar-refractivity contribution in [2.75, 3.05) is 0 Å². The number of hydrogen-bond donors (Lipinski definition) is 1. The molecule has 0 spiro atoms. The highest BCUT2D eigenvalue weighted by Crippen LogP contribution is 2.31. The van der Waals surface area contributed by atoms with Crippen LogP contribution >= 0.6 is 32.9 Å². The predicted molar refractivity (Wildman–Crippen MR) is 54.3 cm³/mol. The van der Waals surface area contributed by atoms with E-state index in [4.69, 9.17) is 17.4 Å². The highest BCUT2D eigenvalue weighted by atomic mass is 32.9. The van der Waals surface area contributed by atoms with Crippen molar-refractivity contribution in [1.29, 1.82) is 0 Å². The summed E-state index contributed by atoms with van der Waals surface area (Å²) in [4.78, 5) is 1.11.